The lowest BCUT2D eigenvalue weighted by atomic mass is 10.1. The molecule has 1 aromatic carbocycles. The number of benzene rings is 1. The van der Waals surface area contributed by atoms with E-state index in [1.54, 1.807) is 6.20 Å². The lowest BCUT2D eigenvalue weighted by molar-refractivity contribution is 0.458. The van der Waals surface area contributed by atoms with Crippen LogP contribution in [0.15, 0.2) is 34.9 Å². The molecule has 2 nitrogen and oxygen atoms in total. The first-order valence-electron chi connectivity index (χ1n) is 5.43. The SMILES string of the molecule is Cc1cc(C)c(C)c(Oc2ccc(Br)cn2)c1. The third kappa shape index (κ3) is 2.86. The van der Waals surface area contributed by atoms with Crippen LogP contribution in [0.2, 0.25) is 0 Å². The molecule has 0 fully saturated rings. The van der Waals surface area contributed by atoms with Crippen LogP contribution < -0.4 is 4.74 Å². The zero-order valence-electron chi connectivity index (χ0n) is 10.1. The van der Waals surface area contributed by atoms with Crippen LogP contribution in [0, 0.1) is 20.8 Å². The maximum atomic E-state index is 5.79. The average Bonchev–Trinajstić information content (AvgIpc) is 2.28. The van der Waals surface area contributed by atoms with Gasteiger partial charge in [0.1, 0.15) is 5.75 Å². The molecule has 0 saturated heterocycles. The van der Waals surface area contributed by atoms with Gasteiger partial charge in [-0.05, 0) is 65.5 Å². The van der Waals surface area contributed by atoms with Gasteiger partial charge in [0.2, 0.25) is 5.88 Å². The molecule has 0 aliphatic carbocycles. The number of ether oxygens (including phenoxy) is 1. The van der Waals surface area contributed by atoms with E-state index in [0.717, 1.165) is 15.8 Å². The lowest BCUT2D eigenvalue weighted by Gasteiger charge is -2.11. The van der Waals surface area contributed by atoms with Crippen molar-refractivity contribution in [3.8, 4) is 11.6 Å². The van der Waals surface area contributed by atoms with Crippen molar-refractivity contribution in [3.05, 3.63) is 51.6 Å². The Labute approximate surface area is 110 Å². The molecule has 0 aliphatic heterocycles. The molecule has 1 aromatic heterocycles. The highest BCUT2D eigenvalue weighted by Crippen LogP contribution is 2.27. The molecular formula is C14H14BrNO. The second kappa shape index (κ2) is 4.88. The largest absolute Gasteiger partial charge is 0.439 e. The van der Waals surface area contributed by atoms with E-state index in [0.29, 0.717) is 5.88 Å². The van der Waals surface area contributed by atoms with E-state index in [-0.39, 0.29) is 0 Å². The maximum absolute atomic E-state index is 5.79. The zero-order valence-corrected chi connectivity index (χ0v) is 11.7. The van der Waals surface area contributed by atoms with Gasteiger partial charge in [-0.15, -0.1) is 0 Å². The van der Waals surface area contributed by atoms with Crippen LogP contribution in [0.1, 0.15) is 16.7 Å². The number of hydrogen-bond acceptors (Lipinski definition) is 2. The Morgan fingerprint density at radius 3 is 2.53 bits per heavy atom. The van der Waals surface area contributed by atoms with E-state index in [1.807, 2.05) is 18.2 Å². The van der Waals surface area contributed by atoms with Gasteiger partial charge in [0.15, 0.2) is 0 Å². The van der Waals surface area contributed by atoms with Crippen molar-refractivity contribution in [2.45, 2.75) is 20.8 Å². The number of aromatic nitrogens is 1. The van der Waals surface area contributed by atoms with Gasteiger partial charge in [-0.3, -0.25) is 0 Å². The first-order chi connectivity index (χ1) is 8.06. The summed E-state index contributed by atoms with van der Waals surface area (Å²) in [6, 6.07) is 7.95. The van der Waals surface area contributed by atoms with Crippen molar-refractivity contribution in [1.82, 2.24) is 4.98 Å². The van der Waals surface area contributed by atoms with Crippen LogP contribution >= 0.6 is 15.9 Å². The fourth-order valence-electron chi connectivity index (χ4n) is 1.64. The van der Waals surface area contributed by atoms with E-state index in [2.05, 4.69) is 47.8 Å². The number of hydrogen-bond donors (Lipinski definition) is 0. The number of rotatable bonds is 2. The van der Waals surface area contributed by atoms with Crippen LogP contribution in [-0.2, 0) is 0 Å². The topological polar surface area (TPSA) is 22.1 Å². The molecular weight excluding hydrogens is 278 g/mol. The molecule has 2 rings (SSSR count). The molecule has 0 unspecified atom stereocenters. The predicted octanol–water partition coefficient (Wildman–Crippen LogP) is 4.56. The molecule has 0 N–H and O–H groups in total. The third-order valence-electron chi connectivity index (χ3n) is 2.68. The summed E-state index contributed by atoms with van der Waals surface area (Å²) in [6.07, 6.45) is 1.73. The van der Waals surface area contributed by atoms with Gasteiger partial charge in [0.05, 0.1) is 0 Å². The van der Waals surface area contributed by atoms with Crippen LogP contribution in [0.3, 0.4) is 0 Å². The average molecular weight is 292 g/mol. The van der Waals surface area contributed by atoms with E-state index >= 15 is 0 Å². The van der Waals surface area contributed by atoms with Crippen molar-refractivity contribution >= 4 is 15.9 Å². The van der Waals surface area contributed by atoms with E-state index < -0.39 is 0 Å². The first-order valence-corrected chi connectivity index (χ1v) is 6.23. The van der Waals surface area contributed by atoms with Gasteiger partial charge in [0, 0.05) is 16.7 Å². The smallest absolute Gasteiger partial charge is 0.219 e. The molecule has 2 aromatic rings. The predicted molar refractivity (Wildman–Crippen MR) is 72.7 cm³/mol. The summed E-state index contributed by atoms with van der Waals surface area (Å²) in [5.41, 5.74) is 3.58. The minimum Gasteiger partial charge on any atom is -0.439 e. The van der Waals surface area contributed by atoms with Gasteiger partial charge in [0.25, 0.3) is 0 Å². The van der Waals surface area contributed by atoms with Crippen molar-refractivity contribution in [3.63, 3.8) is 0 Å². The Hall–Kier alpha value is -1.35. The van der Waals surface area contributed by atoms with E-state index in [1.165, 1.54) is 11.1 Å². The van der Waals surface area contributed by atoms with Gasteiger partial charge in [-0.25, -0.2) is 4.98 Å². The van der Waals surface area contributed by atoms with E-state index in [4.69, 9.17) is 4.74 Å². The highest BCUT2D eigenvalue weighted by Gasteiger charge is 2.05. The van der Waals surface area contributed by atoms with Crippen LogP contribution in [0.25, 0.3) is 0 Å². The molecule has 0 saturated carbocycles. The van der Waals surface area contributed by atoms with Crippen molar-refractivity contribution in [2.24, 2.45) is 0 Å². The molecule has 1 heterocycles. The highest BCUT2D eigenvalue weighted by molar-refractivity contribution is 9.10. The Balaban J connectivity index is 2.32. The van der Waals surface area contributed by atoms with Crippen molar-refractivity contribution in [1.29, 1.82) is 0 Å². The summed E-state index contributed by atoms with van der Waals surface area (Å²) in [7, 11) is 0. The Morgan fingerprint density at radius 2 is 1.88 bits per heavy atom. The maximum Gasteiger partial charge on any atom is 0.219 e. The first kappa shape index (κ1) is 12.1. The second-order valence-corrected chi connectivity index (χ2v) is 5.04. The number of aryl methyl sites for hydroxylation is 2. The third-order valence-corrected chi connectivity index (χ3v) is 3.15. The summed E-state index contributed by atoms with van der Waals surface area (Å²) in [5, 5.41) is 0. The molecule has 0 bridgehead atoms. The quantitative estimate of drug-likeness (QED) is 0.809. The Bertz CT molecular complexity index is 535. The van der Waals surface area contributed by atoms with Crippen LogP contribution in [0.5, 0.6) is 11.6 Å². The van der Waals surface area contributed by atoms with Crippen LogP contribution in [-0.4, -0.2) is 4.98 Å². The van der Waals surface area contributed by atoms with Crippen LogP contribution in [0.4, 0.5) is 0 Å². The molecule has 0 radical (unpaired) electrons. The number of nitrogens with zero attached hydrogens (tertiary/aromatic N) is 1. The summed E-state index contributed by atoms with van der Waals surface area (Å²) in [5.74, 6) is 1.48. The minimum absolute atomic E-state index is 0.612. The summed E-state index contributed by atoms with van der Waals surface area (Å²) in [6.45, 7) is 6.21. The van der Waals surface area contributed by atoms with Crippen molar-refractivity contribution < 1.29 is 4.74 Å². The number of halogens is 1. The summed E-state index contributed by atoms with van der Waals surface area (Å²) >= 11 is 3.35. The number of pyridine rings is 1. The molecule has 88 valence electrons. The highest BCUT2D eigenvalue weighted by atomic mass is 79.9. The molecule has 17 heavy (non-hydrogen) atoms. The lowest BCUT2D eigenvalue weighted by Crippen LogP contribution is -1.93. The Kier molecular flexibility index (Phi) is 3.48. The molecule has 0 atom stereocenters. The monoisotopic (exact) mass is 291 g/mol. The normalized spacial score (nSPS) is 10.4. The van der Waals surface area contributed by atoms with Gasteiger partial charge in [-0.2, -0.15) is 0 Å². The standard InChI is InChI=1S/C14H14BrNO/c1-9-6-10(2)11(3)13(7-9)17-14-5-4-12(15)8-16-14/h4-8H,1-3H3. The van der Waals surface area contributed by atoms with Crippen molar-refractivity contribution in [2.75, 3.05) is 0 Å². The minimum atomic E-state index is 0.612. The van der Waals surface area contributed by atoms with Gasteiger partial charge < -0.3 is 4.74 Å². The molecule has 0 amide bonds. The summed E-state index contributed by atoms with van der Waals surface area (Å²) in [4.78, 5) is 4.20. The summed E-state index contributed by atoms with van der Waals surface area (Å²) < 4.78 is 6.74. The van der Waals surface area contributed by atoms with E-state index in [9.17, 15) is 0 Å². The Morgan fingerprint density at radius 1 is 1.12 bits per heavy atom. The van der Waals surface area contributed by atoms with Gasteiger partial charge in [-0.1, -0.05) is 6.07 Å². The molecule has 0 aliphatic rings. The molecule has 0 spiro atoms. The molecule has 3 heteroatoms. The second-order valence-electron chi connectivity index (χ2n) is 4.12. The fraction of sp³-hybridized carbons (Fsp3) is 0.214. The fourth-order valence-corrected chi connectivity index (χ4v) is 1.88. The zero-order chi connectivity index (χ0) is 12.4. The van der Waals surface area contributed by atoms with Gasteiger partial charge >= 0.3 is 0 Å².